The molecule has 1 aromatic carbocycles. The van der Waals surface area contributed by atoms with Gasteiger partial charge in [-0.1, -0.05) is 57.5 Å². The largest absolute Gasteiger partial charge is 0.445 e. The summed E-state index contributed by atoms with van der Waals surface area (Å²) in [4.78, 5) is 11.5. The van der Waals surface area contributed by atoms with Crippen LogP contribution in [0.2, 0.25) is 0 Å². The molecule has 0 unspecified atom stereocenters. The molecule has 23 heavy (non-hydrogen) atoms. The van der Waals surface area contributed by atoms with E-state index in [1.807, 2.05) is 30.3 Å². The number of hydrogen-bond donors (Lipinski definition) is 2. The van der Waals surface area contributed by atoms with Gasteiger partial charge in [0.25, 0.3) is 10.1 Å². The minimum atomic E-state index is -3.67. The van der Waals surface area contributed by atoms with Crippen LogP contribution in [-0.4, -0.2) is 31.9 Å². The van der Waals surface area contributed by atoms with Gasteiger partial charge in [0.15, 0.2) is 0 Å². The van der Waals surface area contributed by atoms with Crippen molar-refractivity contribution in [3.05, 3.63) is 35.9 Å². The number of nitrogens with one attached hydrogen (secondary N) is 1. The van der Waals surface area contributed by atoms with Crippen molar-refractivity contribution in [1.82, 2.24) is 5.32 Å². The Hall–Kier alpha value is -1.60. The highest BCUT2D eigenvalue weighted by Gasteiger charge is 2.14. The number of rotatable bonds is 6. The van der Waals surface area contributed by atoms with Crippen LogP contribution in [0.15, 0.2) is 30.3 Å². The molecule has 1 aromatic rings. The standard InChI is InChI=1S/C15H23NO2.CH4O3S/c1-4-15(2,3)10-11-16-14(17)18-12-13-8-6-5-7-9-13;1-5(2,3)4/h5-9H,4,10-12H2,1-3H3,(H,16,17);1H3,(H,2,3,4). The predicted molar refractivity (Wildman–Crippen MR) is 90.8 cm³/mol. The van der Waals surface area contributed by atoms with Crippen molar-refractivity contribution in [1.29, 1.82) is 0 Å². The highest BCUT2D eigenvalue weighted by molar-refractivity contribution is 7.85. The first-order valence-corrected chi connectivity index (χ1v) is 9.25. The van der Waals surface area contributed by atoms with Crippen molar-refractivity contribution in [2.24, 2.45) is 5.41 Å². The van der Waals surface area contributed by atoms with E-state index in [9.17, 15) is 13.2 Å². The second kappa shape index (κ2) is 10.2. The van der Waals surface area contributed by atoms with Gasteiger partial charge < -0.3 is 10.1 Å². The van der Waals surface area contributed by atoms with Crippen molar-refractivity contribution in [3.63, 3.8) is 0 Å². The van der Waals surface area contributed by atoms with Gasteiger partial charge >= 0.3 is 6.09 Å². The maximum atomic E-state index is 11.5. The zero-order valence-electron chi connectivity index (χ0n) is 14.2. The number of ether oxygens (including phenoxy) is 1. The molecule has 0 heterocycles. The smallest absolute Gasteiger partial charge is 0.407 e. The zero-order chi connectivity index (χ0) is 17.9. The van der Waals surface area contributed by atoms with Crippen molar-refractivity contribution in [2.75, 3.05) is 12.8 Å². The van der Waals surface area contributed by atoms with E-state index < -0.39 is 10.1 Å². The fraction of sp³-hybridized carbons (Fsp3) is 0.562. The Bertz CT molecular complexity index is 547. The molecule has 0 saturated heterocycles. The molecule has 0 fully saturated rings. The summed E-state index contributed by atoms with van der Waals surface area (Å²) in [5.74, 6) is 0. The highest BCUT2D eigenvalue weighted by atomic mass is 32.2. The molecular formula is C16H27NO5S. The number of hydrogen-bond acceptors (Lipinski definition) is 4. The van der Waals surface area contributed by atoms with Gasteiger partial charge in [0.2, 0.25) is 0 Å². The van der Waals surface area contributed by atoms with E-state index in [1.54, 1.807) is 0 Å². The molecule has 7 heteroatoms. The maximum Gasteiger partial charge on any atom is 0.407 e. The Kier molecular flexibility index (Phi) is 9.52. The number of alkyl carbamates (subject to hydrolysis) is 1. The van der Waals surface area contributed by atoms with Crippen LogP contribution >= 0.6 is 0 Å². The number of benzene rings is 1. The number of carbonyl (C=O) groups excluding carboxylic acids is 1. The third-order valence-electron chi connectivity index (χ3n) is 3.24. The summed E-state index contributed by atoms with van der Waals surface area (Å²) in [5, 5.41) is 2.78. The SMILES string of the molecule is CCC(C)(C)CCNC(=O)OCc1ccccc1.CS(=O)(=O)O. The van der Waals surface area contributed by atoms with E-state index in [0.717, 1.165) is 18.4 Å². The average molecular weight is 345 g/mol. The van der Waals surface area contributed by atoms with E-state index in [1.165, 1.54) is 0 Å². The quantitative estimate of drug-likeness (QED) is 0.772. The van der Waals surface area contributed by atoms with Gasteiger partial charge in [-0.25, -0.2) is 4.79 Å². The molecular weight excluding hydrogens is 318 g/mol. The van der Waals surface area contributed by atoms with Crippen LogP contribution < -0.4 is 5.32 Å². The summed E-state index contributed by atoms with van der Waals surface area (Å²) in [6.45, 7) is 7.54. The molecule has 0 aliphatic rings. The second-order valence-electron chi connectivity index (χ2n) is 5.99. The lowest BCUT2D eigenvalue weighted by atomic mass is 9.87. The zero-order valence-corrected chi connectivity index (χ0v) is 15.0. The minimum Gasteiger partial charge on any atom is -0.445 e. The molecule has 2 N–H and O–H groups in total. The second-order valence-corrected chi connectivity index (χ2v) is 7.46. The summed E-state index contributed by atoms with van der Waals surface area (Å²) in [6.07, 6.45) is 2.44. The van der Waals surface area contributed by atoms with Gasteiger partial charge in [0, 0.05) is 6.54 Å². The summed E-state index contributed by atoms with van der Waals surface area (Å²) >= 11 is 0. The minimum absolute atomic E-state index is 0.271. The highest BCUT2D eigenvalue weighted by Crippen LogP contribution is 2.23. The van der Waals surface area contributed by atoms with Gasteiger partial charge in [-0.3, -0.25) is 4.55 Å². The van der Waals surface area contributed by atoms with E-state index in [4.69, 9.17) is 9.29 Å². The van der Waals surface area contributed by atoms with Crippen LogP contribution in [0.25, 0.3) is 0 Å². The van der Waals surface area contributed by atoms with E-state index in [0.29, 0.717) is 19.4 Å². The summed E-state index contributed by atoms with van der Waals surface area (Å²) in [5.41, 5.74) is 1.27. The van der Waals surface area contributed by atoms with Gasteiger partial charge in [-0.15, -0.1) is 0 Å². The van der Waals surface area contributed by atoms with Crippen molar-refractivity contribution >= 4 is 16.2 Å². The molecule has 1 amide bonds. The Labute approximate surface area is 139 Å². The predicted octanol–water partition coefficient (Wildman–Crippen LogP) is 3.24. The summed E-state index contributed by atoms with van der Waals surface area (Å²) < 4.78 is 31.0. The summed E-state index contributed by atoms with van der Waals surface area (Å²) in [7, 11) is -3.67. The van der Waals surface area contributed by atoms with Crippen LogP contribution in [0.3, 0.4) is 0 Å². The van der Waals surface area contributed by atoms with Crippen molar-refractivity contribution in [2.45, 2.75) is 40.2 Å². The molecule has 0 spiro atoms. The van der Waals surface area contributed by atoms with Gasteiger partial charge in [-0.2, -0.15) is 8.42 Å². The van der Waals surface area contributed by atoms with Gasteiger partial charge in [0.05, 0.1) is 6.26 Å². The topological polar surface area (TPSA) is 92.7 Å². The first-order chi connectivity index (χ1) is 10.5. The Morgan fingerprint density at radius 3 is 2.26 bits per heavy atom. The lowest BCUT2D eigenvalue weighted by Gasteiger charge is -2.22. The number of amides is 1. The molecule has 0 radical (unpaired) electrons. The van der Waals surface area contributed by atoms with Crippen molar-refractivity contribution < 1.29 is 22.5 Å². The molecule has 0 aliphatic carbocycles. The maximum absolute atomic E-state index is 11.5. The normalized spacial score (nSPS) is 11.2. The fourth-order valence-corrected chi connectivity index (χ4v) is 1.45. The monoisotopic (exact) mass is 345 g/mol. The third kappa shape index (κ3) is 15.1. The summed E-state index contributed by atoms with van der Waals surface area (Å²) in [6, 6.07) is 9.68. The first-order valence-electron chi connectivity index (χ1n) is 7.40. The Morgan fingerprint density at radius 2 is 1.78 bits per heavy atom. The number of carbonyl (C=O) groups is 1. The molecule has 1 rings (SSSR count). The van der Waals surface area contributed by atoms with E-state index >= 15 is 0 Å². The molecule has 0 aromatic heterocycles. The fourth-order valence-electron chi connectivity index (χ4n) is 1.45. The van der Waals surface area contributed by atoms with Crippen molar-refractivity contribution in [3.8, 4) is 0 Å². The first kappa shape index (κ1) is 21.4. The Balaban J connectivity index is 0.000000841. The molecule has 0 bridgehead atoms. The lowest BCUT2D eigenvalue weighted by Crippen LogP contribution is -2.28. The molecule has 132 valence electrons. The van der Waals surface area contributed by atoms with Crippen LogP contribution in [0.1, 0.15) is 39.2 Å². The Morgan fingerprint density at radius 1 is 1.26 bits per heavy atom. The van der Waals surface area contributed by atoms with Gasteiger partial charge in [0.1, 0.15) is 6.61 Å². The third-order valence-corrected chi connectivity index (χ3v) is 3.24. The molecule has 0 saturated carbocycles. The van der Waals surface area contributed by atoms with Crippen LogP contribution in [0.5, 0.6) is 0 Å². The van der Waals surface area contributed by atoms with E-state index in [-0.39, 0.29) is 11.5 Å². The average Bonchev–Trinajstić information content (AvgIpc) is 2.44. The lowest BCUT2D eigenvalue weighted by molar-refractivity contribution is 0.138. The molecule has 0 atom stereocenters. The van der Waals surface area contributed by atoms with E-state index in [2.05, 4.69) is 26.1 Å². The van der Waals surface area contributed by atoms with Gasteiger partial charge in [-0.05, 0) is 17.4 Å². The molecule has 0 aliphatic heterocycles. The molecule has 6 nitrogen and oxygen atoms in total. The van der Waals surface area contributed by atoms with Crippen LogP contribution in [-0.2, 0) is 21.5 Å². The van der Waals surface area contributed by atoms with Crippen LogP contribution in [0.4, 0.5) is 4.79 Å². The van der Waals surface area contributed by atoms with Crippen LogP contribution in [0, 0.1) is 5.41 Å².